The van der Waals surface area contributed by atoms with Crippen molar-refractivity contribution in [1.82, 2.24) is 4.98 Å². The maximum atomic E-state index is 6.09. The highest BCUT2D eigenvalue weighted by molar-refractivity contribution is 7.15. The van der Waals surface area contributed by atoms with E-state index in [0.717, 1.165) is 10.7 Å². The molecule has 0 amide bonds. The molecule has 0 aliphatic rings. The predicted molar refractivity (Wildman–Crippen MR) is 79.0 cm³/mol. The fraction of sp³-hybridized carbons (Fsp3) is 0.250. The minimum absolute atomic E-state index is 0.517. The molecule has 2 aromatic rings. The van der Waals surface area contributed by atoms with Crippen LogP contribution in [0, 0.1) is 0 Å². The Hall–Kier alpha value is -1.17. The second-order valence-electron chi connectivity index (χ2n) is 3.60. The highest BCUT2D eigenvalue weighted by atomic mass is 35.5. The van der Waals surface area contributed by atoms with Crippen molar-refractivity contribution >= 4 is 40.2 Å². The predicted octanol–water partition coefficient (Wildman–Crippen LogP) is 4.08. The normalized spacial score (nSPS) is 10.3. The molecule has 0 unspecified atom stereocenters. The average molecular weight is 319 g/mol. The van der Waals surface area contributed by atoms with Crippen molar-refractivity contribution in [3.63, 3.8) is 0 Å². The third kappa shape index (κ3) is 3.43. The molecule has 1 N–H and O–H groups in total. The Morgan fingerprint density at radius 2 is 1.95 bits per heavy atom. The third-order valence-electron chi connectivity index (χ3n) is 2.43. The molecule has 0 aliphatic heterocycles. The van der Waals surface area contributed by atoms with Crippen LogP contribution in [-0.2, 0) is 6.54 Å². The van der Waals surface area contributed by atoms with Gasteiger partial charge in [-0.1, -0.05) is 23.2 Å². The summed E-state index contributed by atoms with van der Waals surface area (Å²) in [7, 11) is 3.15. The van der Waals surface area contributed by atoms with Gasteiger partial charge in [-0.3, -0.25) is 0 Å². The molecule has 1 aromatic heterocycles. The second-order valence-corrected chi connectivity index (χ2v) is 5.75. The number of nitrogens with one attached hydrogen (secondary N) is 1. The molecule has 0 saturated heterocycles. The minimum Gasteiger partial charge on any atom is -0.495 e. The van der Waals surface area contributed by atoms with Gasteiger partial charge in [-0.15, -0.1) is 11.3 Å². The summed E-state index contributed by atoms with van der Waals surface area (Å²) in [5.74, 6) is 1.23. The number of hydrogen-bond donors (Lipinski definition) is 1. The second kappa shape index (κ2) is 6.32. The fourth-order valence-corrected chi connectivity index (χ4v) is 2.68. The summed E-state index contributed by atoms with van der Waals surface area (Å²) < 4.78 is 11.1. The van der Waals surface area contributed by atoms with E-state index in [-0.39, 0.29) is 0 Å². The average Bonchev–Trinajstić information content (AvgIpc) is 2.82. The topological polar surface area (TPSA) is 43.4 Å². The maximum absolute atomic E-state index is 6.09. The standard InChI is InChI=1S/C12H12Cl2N2O2S/c1-17-9-4-10(18-2)8(3-7(9)13)15-6-12-16-5-11(14)19-12/h3-5,15H,6H2,1-2H3. The Morgan fingerprint density at radius 1 is 1.21 bits per heavy atom. The molecule has 102 valence electrons. The summed E-state index contributed by atoms with van der Waals surface area (Å²) in [6, 6.07) is 3.49. The van der Waals surface area contributed by atoms with E-state index in [1.54, 1.807) is 32.5 Å². The number of anilines is 1. The molecule has 0 atom stereocenters. The molecule has 19 heavy (non-hydrogen) atoms. The van der Waals surface area contributed by atoms with Crippen LogP contribution in [0.25, 0.3) is 0 Å². The van der Waals surface area contributed by atoms with Gasteiger partial charge in [-0.2, -0.15) is 0 Å². The molecule has 0 radical (unpaired) electrons. The Balaban J connectivity index is 2.17. The number of thiazole rings is 1. The van der Waals surface area contributed by atoms with Crippen LogP contribution in [0.4, 0.5) is 5.69 Å². The van der Waals surface area contributed by atoms with E-state index >= 15 is 0 Å². The minimum atomic E-state index is 0.517. The smallest absolute Gasteiger partial charge is 0.145 e. The van der Waals surface area contributed by atoms with Crippen LogP contribution in [0.1, 0.15) is 5.01 Å². The Morgan fingerprint density at radius 3 is 2.53 bits per heavy atom. The zero-order chi connectivity index (χ0) is 13.8. The summed E-state index contributed by atoms with van der Waals surface area (Å²) in [5, 5.41) is 4.61. The monoisotopic (exact) mass is 318 g/mol. The lowest BCUT2D eigenvalue weighted by Crippen LogP contribution is -2.01. The summed E-state index contributed by atoms with van der Waals surface area (Å²) in [4.78, 5) is 4.17. The summed E-state index contributed by atoms with van der Waals surface area (Å²) in [6.45, 7) is 0.552. The van der Waals surface area contributed by atoms with Crippen LogP contribution >= 0.6 is 34.5 Å². The number of methoxy groups -OCH3 is 2. The van der Waals surface area contributed by atoms with Crippen LogP contribution < -0.4 is 14.8 Å². The molecule has 0 fully saturated rings. The van der Waals surface area contributed by atoms with Crippen molar-refractivity contribution in [2.45, 2.75) is 6.54 Å². The van der Waals surface area contributed by atoms with E-state index < -0.39 is 0 Å². The molecule has 4 nitrogen and oxygen atoms in total. The molecule has 0 bridgehead atoms. The molecule has 0 saturated carbocycles. The molecule has 0 spiro atoms. The van der Waals surface area contributed by atoms with Gasteiger partial charge in [-0.05, 0) is 6.07 Å². The molecule has 2 rings (SSSR count). The van der Waals surface area contributed by atoms with E-state index in [2.05, 4.69) is 10.3 Å². The van der Waals surface area contributed by atoms with Crippen molar-refractivity contribution in [3.05, 3.63) is 32.7 Å². The SMILES string of the molecule is COc1cc(OC)c(NCc2ncc(Cl)s2)cc1Cl. The van der Waals surface area contributed by atoms with Gasteiger partial charge >= 0.3 is 0 Å². The van der Waals surface area contributed by atoms with Gasteiger partial charge in [0.25, 0.3) is 0 Å². The lowest BCUT2D eigenvalue weighted by atomic mass is 10.2. The molecular formula is C12H12Cl2N2O2S. The summed E-state index contributed by atoms with van der Waals surface area (Å²) in [6.07, 6.45) is 1.63. The molecular weight excluding hydrogens is 307 g/mol. The lowest BCUT2D eigenvalue weighted by molar-refractivity contribution is 0.395. The van der Waals surface area contributed by atoms with Gasteiger partial charge in [0, 0.05) is 6.07 Å². The van der Waals surface area contributed by atoms with E-state index in [0.29, 0.717) is 27.4 Å². The number of benzene rings is 1. The van der Waals surface area contributed by atoms with Crippen molar-refractivity contribution in [2.24, 2.45) is 0 Å². The van der Waals surface area contributed by atoms with Gasteiger partial charge in [0.15, 0.2) is 0 Å². The Labute approximate surface area is 125 Å². The van der Waals surface area contributed by atoms with Crippen molar-refractivity contribution < 1.29 is 9.47 Å². The van der Waals surface area contributed by atoms with Gasteiger partial charge in [0.1, 0.15) is 20.8 Å². The maximum Gasteiger partial charge on any atom is 0.145 e. The third-order valence-corrected chi connectivity index (χ3v) is 3.84. The number of rotatable bonds is 5. The van der Waals surface area contributed by atoms with Gasteiger partial charge in [-0.25, -0.2) is 4.98 Å². The quantitative estimate of drug-likeness (QED) is 0.902. The highest BCUT2D eigenvalue weighted by Gasteiger charge is 2.10. The van der Waals surface area contributed by atoms with Gasteiger partial charge in [0.2, 0.25) is 0 Å². The van der Waals surface area contributed by atoms with Crippen molar-refractivity contribution in [3.8, 4) is 11.5 Å². The van der Waals surface area contributed by atoms with Crippen molar-refractivity contribution in [2.75, 3.05) is 19.5 Å². The Bertz CT molecular complexity index is 575. The first-order valence-electron chi connectivity index (χ1n) is 5.39. The Kier molecular flexibility index (Phi) is 4.74. The van der Waals surface area contributed by atoms with Crippen molar-refractivity contribution in [1.29, 1.82) is 0 Å². The first-order chi connectivity index (χ1) is 9.13. The van der Waals surface area contributed by atoms with E-state index in [1.807, 2.05) is 0 Å². The number of aromatic nitrogens is 1. The highest BCUT2D eigenvalue weighted by Crippen LogP contribution is 2.36. The van der Waals surface area contributed by atoms with E-state index in [1.165, 1.54) is 11.3 Å². The van der Waals surface area contributed by atoms with Crippen LogP contribution in [0.2, 0.25) is 9.36 Å². The first kappa shape index (κ1) is 14.2. The van der Waals surface area contributed by atoms with E-state index in [9.17, 15) is 0 Å². The van der Waals surface area contributed by atoms with Gasteiger partial charge < -0.3 is 14.8 Å². The van der Waals surface area contributed by atoms with Crippen LogP contribution in [0.15, 0.2) is 18.3 Å². The van der Waals surface area contributed by atoms with Gasteiger partial charge in [0.05, 0.1) is 37.7 Å². The first-order valence-corrected chi connectivity index (χ1v) is 6.97. The fourth-order valence-electron chi connectivity index (χ4n) is 1.54. The number of hydrogen-bond acceptors (Lipinski definition) is 5. The number of halogens is 2. The summed E-state index contributed by atoms with van der Waals surface area (Å²) in [5.41, 5.74) is 0.777. The number of ether oxygens (including phenoxy) is 2. The van der Waals surface area contributed by atoms with Crippen LogP contribution in [0.5, 0.6) is 11.5 Å². The molecule has 1 heterocycles. The van der Waals surface area contributed by atoms with Crippen LogP contribution in [0.3, 0.4) is 0 Å². The molecule has 0 aliphatic carbocycles. The zero-order valence-electron chi connectivity index (χ0n) is 10.4. The van der Waals surface area contributed by atoms with E-state index in [4.69, 9.17) is 32.7 Å². The largest absolute Gasteiger partial charge is 0.495 e. The summed E-state index contributed by atoms with van der Waals surface area (Å²) >= 11 is 13.3. The zero-order valence-corrected chi connectivity index (χ0v) is 12.7. The molecule has 7 heteroatoms. The van der Waals surface area contributed by atoms with Crippen LogP contribution in [-0.4, -0.2) is 19.2 Å². The molecule has 1 aromatic carbocycles. The lowest BCUT2D eigenvalue weighted by Gasteiger charge is -2.13. The number of nitrogens with zero attached hydrogens (tertiary/aromatic N) is 1.